The Morgan fingerprint density at radius 2 is 1.67 bits per heavy atom. The first-order valence-corrected chi connectivity index (χ1v) is 11.2. The van der Waals surface area contributed by atoms with Gasteiger partial charge in [0.15, 0.2) is 5.13 Å². The van der Waals surface area contributed by atoms with Gasteiger partial charge in [0.2, 0.25) is 11.8 Å². The van der Waals surface area contributed by atoms with Gasteiger partial charge in [0.05, 0.1) is 11.4 Å². The van der Waals surface area contributed by atoms with Crippen molar-refractivity contribution in [1.29, 1.82) is 0 Å². The Bertz CT molecular complexity index is 1250. The maximum Gasteiger partial charge on any atom is 0.248 e. The van der Waals surface area contributed by atoms with Crippen molar-refractivity contribution in [2.45, 2.75) is 13.3 Å². The Morgan fingerprint density at radius 1 is 0.970 bits per heavy atom. The van der Waals surface area contributed by atoms with Gasteiger partial charge in [-0.05, 0) is 60.0 Å². The van der Waals surface area contributed by atoms with Gasteiger partial charge in [0, 0.05) is 36.5 Å². The van der Waals surface area contributed by atoms with Crippen LogP contribution in [-0.2, 0) is 16.0 Å². The summed E-state index contributed by atoms with van der Waals surface area (Å²) in [4.78, 5) is 34.6. The summed E-state index contributed by atoms with van der Waals surface area (Å²) in [5.74, 6) is -0.380. The first kappa shape index (κ1) is 22.1. The molecule has 0 bridgehead atoms. The number of hydrogen-bond donors (Lipinski definition) is 1. The van der Waals surface area contributed by atoms with Crippen molar-refractivity contribution in [2.24, 2.45) is 0 Å². The first-order chi connectivity index (χ1) is 16.1. The van der Waals surface area contributed by atoms with Crippen molar-refractivity contribution in [1.82, 2.24) is 9.97 Å². The molecule has 0 atom stereocenters. The van der Waals surface area contributed by atoms with E-state index in [4.69, 9.17) is 0 Å². The minimum atomic E-state index is -0.252. The smallest absolute Gasteiger partial charge is 0.248 e. The molecular formula is C26H22N4O2S. The predicted molar refractivity (Wildman–Crippen MR) is 133 cm³/mol. The molecule has 164 valence electrons. The van der Waals surface area contributed by atoms with Gasteiger partial charge in [0.1, 0.15) is 0 Å². The lowest BCUT2D eigenvalue weighted by Crippen LogP contribution is -2.22. The molecule has 2 aromatic carbocycles. The van der Waals surface area contributed by atoms with Crippen molar-refractivity contribution in [3.05, 3.63) is 107 Å². The van der Waals surface area contributed by atoms with E-state index in [1.807, 2.05) is 72.1 Å². The molecule has 0 aliphatic carbocycles. The highest BCUT2D eigenvalue weighted by atomic mass is 32.1. The standard InChI is InChI=1S/C26H22N4O2S/c1-19(31)30(24-5-3-2-4-6-24)26-29-23(18-33-26)11-12-25(32)28-22-9-7-20(8-10-22)17-21-13-15-27-16-14-21/h2-16,18H,17H2,1H3,(H,28,32)/b12-11+. The van der Waals surface area contributed by atoms with E-state index in [9.17, 15) is 9.59 Å². The van der Waals surface area contributed by atoms with Crippen LogP contribution in [0.1, 0.15) is 23.7 Å². The van der Waals surface area contributed by atoms with Crippen LogP contribution in [0.5, 0.6) is 0 Å². The Hall–Kier alpha value is -4.10. The van der Waals surface area contributed by atoms with Crippen molar-refractivity contribution < 1.29 is 9.59 Å². The van der Waals surface area contributed by atoms with Crippen LogP contribution >= 0.6 is 11.3 Å². The highest BCUT2D eigenvalue weighted by Crippen LogP contribution is 2.29. The van der Waals surface area contributed by atoms with Crippen LogP contribution in [0.4, 0.5) is 16.5 Å². The van der Waals surface area contributed by atoms with Crippen molar-refractivity contribution in [2.75, 3.05) is 10.2 Å². The number of nitrogens with zero attached hydrogens (tertiary/aromatic N) is 3. The third kappa shape index (κ3) is 5.99. The fraction of sp³-hybridized carbons (Fsp3) is 0.0769. The topological polar surface area (TPSA) is 75.2 Å². The van der Waals surface area contributed by atoms with E-state index < -0.39 is 0 Å². The molecule has 2 aromatic heterocycles. The van der Waals surface area contributed by atoms with Crippen LogP contribution in [0, 0.1) is 0 Å². The largest absolute Gasteiger partial charge is 0.323 e. The molecule has 0 saturated carbocycles. The molecule has 7 heteroatoms. The minimum Gasteiger partial charge on any atom is -0.323 e. The van der Waals surface area contributed by atoms with Gasteiger partial charge in [-0.2, -0.15) is 0 Å². The number of anilines is 3. The van der Waals surface area contributed by atoms with E-state index in [-0.39, 0.29) is 11.8 Å². The number of thiazole rings is 1. The summed E-state index contributed by atoms with van der Waals surface area (Å²) in [5, 5.41) is 5.22. The molecule has 0 radical (unpaired) electrons. The molecule has 0 fully saturated rings. The molecule has 1 N–H and O–H groups in total. The van der Waals surface area contributed by atoms with E-state index in [1.54, 1.807) is 23.4 Å². The third-order valence-corrected chi connectivity index (χ3v) is 5.66. The second-order valence-corrected chi connectivity index (χ2v) is 8.13. The molecule has 0 saturated heterocycles. The quantitative estimate of drug-likeness (QED) is 0.376. The molecule has 4 aromatic rings. The van der Waals surface area contributed by atoms with Crippen LogP contribution in [0.15, 0.2) is 90.6 Å². The molecule has 0 aliphatic rings. The van der Waals surface area contributed by atoms with Gasteiger partial charge in [-0.3, -0.25) is 19.5 Å². The number of aromatic nitrogens is 2. The molecule has 6 nitrogen and oxygen atoms in total. The van der Waals surface area contributed by atoms with Crippen LogP contribution in [0.3, 0.4) is 0 Å². The lowest BCUT2D eigenvalue weighted by atomic mass is 10.1. The summed E-state index contributed by atoms with van der Waals surface area (Å²) in [6.07, 6.45) is 7.44. The maximum absolute atomic E-state index is 12.3. The fourth-order valence-corrected chi connectivity index (χ4v) is 4.10. The van der Waals surface area contributed by atoms with Crippen LogP contribution < -0.4 is 10.2 Å². The molecule has 0 unspecified atom stereocenters. The van der Waals surface area contributed by atoms with Gasteiger partial charge < -0.3 is 5.32 Å². The number of para-hydroxylation sites is 1. The zero-order valence-corrected chi connectivity index (χ0v) is 18.8. The van der Waals surface area contributed by atoms with Crippen molar-refractivity contribution in [3.63, 3.8) is 0 Å². The Labute approximate surface area is 196 Å². The number of carbonyl (C=O) groups excluding carboxylic acids is 2. The summed E-state index contributed by atoms with van der Waals surface area (Å²) in [5.41, 5.74) is 4.41. The average Bonchev–Trinajstić information content (AvgIpc) is 3.29. The predicted octanol–water partition coefficient (Wildman–Crippen LogP) is 5.47. The number of rotatable bonds is 7. The van der Waals surface area contributed by atoms with Gasteiger partial charge in [0.25, 0.3) is 0 Å². The number of amides is 2. The molecule has 2 heterocycles. The summed E-state index contributed by atoms with van der Waals surface area (Å²) < 4.78 is 0. The maximum atomic E-state index is 12.3. The normalized spacial score (nSPS) is 10.8. The van der Waals surface area contributed by atoms with Crippen LogP contribution in [-0.4, -0.2) is 21.8 Å². The number of hydrogen-bond acceptors (Lipinski definition) is 5. The fourth-order valence-electron chi connectivity index (χ4n) is 3.25. The number of carbonyl (C=O) groups is 2. The van der Waals surface area contributed by atoms with Crippen molar-refractivity contribution >= 4 is 45.7 Å². The summed E-state index contributed by atoms with van der Waals surface area (Å²) in [6, 6.07) is 21.1. The van der Waals surface area contributed by atoms with Gasteiger partial charge in [-0.1, -0.05) is 30.3 Å². The number of pyridine rings is 1. The summed E-state index contributed by atoms with van der Waals surface area (Å²) >= 11 is 1.35. The zero-order valence-electron chi connectivity index (χ0n) is 18.0. The Kier molecular flexibility index (Phi) is 7.02. The number of benzene rings is 2. The second-order valence-electron chi connectivity index (χ2n) is 7.30. The molecule has 0 aliphatic heterocycles. The second kappa shape index (κ2) is 10.5. The summed E-state index contributed by atoms with van der Waals surface area (Å²) in [6.45, 7) is 1.50. The Morgan fingerprint density at radius 3 is 2.36 bits per heavy atom. The number of nitrogens with one attached hydrogen (secondary N) is 1. The summed E-state index contributed by atoms with van der Waals surface area (Å²) in [7, 11) is 0. The van der Waals surface area contributed by atoms with E-state index in [0.717, 1.165) is 17.7 Å². The van der Waals surface area contributed by atoms with E-state index in [1.165, 1.54) is 29.9 Å². The third-order valence-electron chi connectivity index (χ3n) is 4.81. The molecule has 33 heavy (non-hydrogen) atoms. The van der Waals surface area contributed by atoms with Gasteiger partial charge in [-0.25, -0.2) is 4.98 Å². The first-order valence-electron chi connectivity index (χ1n) is 10.4. The SMILES string of the molecule is CC(=O)N(c1ccccc1)c1nc(/C=C/C(=O)Nc2ccc(Cc3ccncc3)cc2)cs1. The lowest BCUT2D eigenvalue weighted by Gasteiger charge is -2.17. The molecule has 4 rings (SSSR count). The van der Waals surface area contributed by atoms with Gasteiger partial charge in [-0.15, -0.1) is 11.3 Å². The van der Waals surface area contributed by atoms with E-state index >= 15 is 0 Å². The molecule has 0 spiro atoms. The minimum absolute atomic E-state index is 0.129. The van der Waals surface area contributed by atoms with E-state index in [2.05, 4.69) is 15.3 Å². The van der Waals surface area contributed by atoms with Crippen LogP contribution in [0.2, 0.25) is 0 Å². The highest BCUT2D eigenvalue weighted by Gasteiger charge is 2.17. The molecule has 2 amide bonds. The lowest BCUT2D eigenvalue weighted by molar-refractivity contribution is -0.116. The van der Waals surface area contributed by atoms with E-state index in [0.29, 0.717) is 16.5 Å². The monoisotopic (exact) mass is 454 g/mol. The van der Waals surface area contributed by atoms with Crippen molar-refractivity contribution in [3.8, 4) is 0 Å². The Balaban J connectivity index is 1.37. The zero-order chi connectivity index (χ0) is 23.0. The highest BCUT2D eigenvalue weighted by molar-refractivity contribution is 7.14. The van der Waals surface area contributed by atoms with Gasteiger partial charge >= 0.3 is 0 Å². The van der Waals surface area contributed by atoms with Crippen LogP contribution in [0.25, 0.3) is 6.08 Å². The average molecular weight is 455 g/mol. The molecular weight excluding hydrogens is 432 g/mol.